The fourth-order valence-electron chi connectivity index (χ4n) is 4.96. The molecule has 1 aliphatic carbocycles. The molecule has 1 saturated carbocycles. The molecule has 0 bridgehead atoms. The Balaban J connectivity index is 1.16. The number of H-pyrrole nitrogens is 1. The van der Waals surface area contributed by atoms with E-state index in [1.807, 2.05) is 24.0 Å². The van der Waals surface area contributed by atoms with Crippen LogP contribution in [0.4, 0.5) is 11.6 Å². The molecule has 1 aromatic carbocycles. The van der Waals surface area contributed by atoms with Crippen LogP contribution >= 0.6 is 0 Å². The molecule has 200 valence electrons. The molecule has 2 aliphatic rings. The number of hydrogen-bond donors (Lipinski definition) is 3. The van der Waals surface area contributed by atoms with Crippen LogP contribution in [0, 0.1) is 12.3 Å². The smallest absolute Gasteiger partial charge is 0.256 e. The van der Waals surface area contributed by atoms with Gasteiger partial charge >= 0.3 is 0 Å². The SMILES string of the molecule is Cc1ccnc(NC(=O)c2ccc(Oc3ccnc4[nH]nc(N[C@@H]5CCCN(C(=O)C6(C)CC6)C5)c34)cc2)c1. The van der Waals surface area contributed by atoms with Gasteiger partial charge in [-0.15, -0.1) is 0 Å². The molecule has 0 spiro atoms. The van der Waals surface area contributed by atoms with E-state index < -0.39 is 0 Å². The molecule has 3 N–H and O–H groups in total. The number of likely N-dealkylation sites (tertiary alicyclic amines) is 1. The number of fused-ring (bicyclic) bond motifs is 1. The second kappa shape index (κ2) is 10.0. The molecule has 0 unspecified atom stereocenters. The van der Waals surface area contributed by atoms with Crippen molar-refractivity contribution in [1.82, 2.24) is 25.1 Å². The maximum Gasteiger partial charge on any atom is 0.256 e. The monoisotopic (exact) mass is 525 g/mol. The highest BCUT2D eigenvalue weighted by atomic mass is 16.5. The number of benzene rings is 1. The molecule has 4 heterocycles. The Morgan fingerprint density at radius 2 is 1.90 bits per heavy atom. The van der Waals surface area contributed by atoms with Crippen LogP contribution in [0.25, 0.3) is 11.0 Å². The number of aromatic amines is 1. The summed E-state index contributed by atoms with van der Waals surface area (Å²) in [5, 5.41) is 14.5. The Hall–Kier alpha value is -4.47. The molecule has 3 aromatic heterocycles. The van der Waals surface area contributed by atoms with Gasteiger partial charge in [-0.25, -0.2) is 9.97 Å². The van der Waals surface area contributed by atoms with Gasteiger partial charge in [-0.3, -0.25) is 14.7 Å². The van der Waals surface area contributed by atoms with E-state index in [-0.39, 0.29) is 23.3 Å². The number of ether oxygens (including phenoxy) is 1. The second-order valence-corrected chi connectivity index (χ2v) is 10.7. The predicted octanol–water partition coefficient (Wildman–Crippen LogP) is 4.91. The standard InChI is InChI=1S/C29H31N7O3/c1-18-9-13-30-23(16-18)33-27(37)19-5-7-21(8-6-19)39-22-10-14-31-25-24(22)26(35-34-25)32-20-4-3-15-36(17-20)28(38)29(2)11-12-29/h5-10,13-14,16,20H,3-4,11-12,15,17H2,1-2H3,(H,30,33,37)(H2,31,32,34,35)/t20-/m1/s1. The molecule has 0 radical (unpaired) electrons. The van der Waals surface area contributed by atoms with E-state index in [9.17, 15) is 9.59 Å². The van der Waals surface area contributed by atoms with E-state index in [0.29, 0.717) is 40.9 Å². The number of carbonyl (C=O) groups is 2. The fourth-order valence-corrected chi connectivity index (χ4v) is 4.96. The van der Waals surface area contributed by atoms with E-state index >= 15 is 0 Å². The molecule has 10 nitrogen and oxygen atoms in total. The van der Waals surface area contributed by atoms with Gasteiger partial charge in [-0.05, 0) is 74.6 Å². The van der Waals surface area contributed by atoms with Crippen molar-refractivity contribution in [3.8, 4) is 11.5 Å². The number of carbonyl (C=O) groups excluding carboxylic acids is 2. The number of pyridine rings is 2. The number of rotatable bonds is 7. The molecule has 39 heavy (non-hydrogen) atoms. The van der Waals surface area contributed by atoms with Crippen LogP contribution in [0.15, 0.2) is 54.9 Å². The van der Waals surface area contributed by atoms with Crippen LogP contribution in [-0.2, 0) is 4.79 Å². The van der Waals surface area contributed by atoms with Crippen LogP contribution in [0.3, 0.4) is 0 Å². The van der Waals surface area contributed by atoms with Gasteiger partial charge in [0.1, 0.15) is 22.7 Å². The van der Waals surface area contributed by atoms with Crippen molar-refractivity contribution in [1.29, 1.82) is 0 Å². The van der Waals surface area contributed by atoms with Gasteiger partial charge in [0.25, 0.3) is 5.91 Å². The Morgan fingerprint density at radius 1 is 1.10 bits per heavy atom. The number of aryl methyl sites for hydroxylation is 1. The first kappa shape index (κ1) is 24.8. The summed E-state index contributed by atoms with van der Waals surface area (Å²) in [4.78, 5) is 36.1. The Bertz CT molecular complexity index is 1530. The van der Waals surface area contributed by atoms with E-state index in [0.717, 1.165) is 43.2 Å². The molecule has 6 rings (SSSR count). The maximum absolute atomic E-state index is 12.9. The van der Waals surface area contributed by atoms with Crippen molar-refractivity contribution in [3.05, 3.63) is 66.0 Å². The summed E-state index contributed by atoms with van der Waals surface area (Å²) in [7, 11) is 0. The van der Waals surface area contributed by atoms with Crippen molar-refractivity contribution in [2.75, 3.05) is 23.7 Å². The van der Waals surface area contributed by atoms with E-state index in [4.69, 9.17) is 4.74 Å². The van der Waals surface area contributed by atoms with Crippen LogP contribution in [0.5, 0.6) is 11.5 Å². The van der Waals surface area contributed by atoms with Crippen molar-refractivity contribution >= 4 is 34.5 Å². The largest absolute Gasteiger partial charge is 0.456 e. The zero-order chi connectivity index (χ0) is 27.0. The number of anilines is 2. The van der Waals surface area contributed by atoms with Gasteiger partial charge in [-0.2, -0.15) is 5.10 Å². The van der Waals surface area contributed by atoms with Gasteiger partial charge in [0.05, 0.1) is 0 Å². The lowest BCUT2D eigenvalue weighted by molar-refractivity contribution is -0.137. The molecule has 1 aliphatic heterocycles. The lowest BCUT2D eigenvalue weighted by Crippen LogP contribution is -2.47. The van der Waals surface area contributed by atoms with E-state index in [1.165, 1.54) is 0 Å². The second-order valence-electron chi connectivity index (χ2n) is 10.7. The topological polar surface area (TPSA) is 125 Å². The minimum Gasteiger partial charge on any atom is -0.456 e. The zero-order valence-electron chi connectivity index (χ0n) is 22.0. The van der Waals surface area contributed by atoms with Gasteiger partial charge in [0, 0.05) is 48.6 Å². The number of amides is 2. The van der Waals surface area contributed by atoms with Crippen molar-refractivity contribution in [2.24, 2.45) is 5.41 Å². The highest BCUT2D eigenvalue weighted by Crippen LogP contribution is 2.47. The quantitative estimate of drug-likeness (QED) is 0.313. The average molecular weight is 526 g/mol. The molecule has 10 heteroatoms. The Morgan fingerprint density at radius 3 is 2.67 bits per heavy atom. The van der Waals surface area contributed by atoms with Crippen LogP contribution < -0.4 is 15.4 Å². The van der Waals surface area contributed by atoms with Crippen molar-refractivity contribution < 1.29 is 14.3 Å². The van der Waals surface area contributed by atoms with E-state index in [2.05, 4.69) is 37.7 Å². The van der Waals surface area contributed by atoms with Crippen LogP contribution in [0.1, 0.15) is 48.5 Å². The lowest BCUT2D eigenvalue weighted by Gasteiger charge is -2.35. The summed E-state index contributed by atoms with van der Waals surface area (Å²) in [5.41, 5.74) is 1.95. The highest BCUT2D eigenvalue weighted by molar-refractivity contribution is 6.03. The number of hydrogen-bond acceptors (Lipinski definition) is 7. The molecular weight excluding hydrogens is 494 g/mol. The normalized spacial score (nSPS) is 18.0. The molecular formula is C29H31N7O3. The Labute approximate surface area is 226 Å². The average Bonchev–Trinajstić information content (AvgIpc) is 3.56. The highest BCUT2D eigenvalue weighted by Gasteiger charge is 2.47. The number of nitrogens with zero attached hydrogens (tertiary/aromatic N) is 4. The first-order chi connectivity index (χ1) is 18.9. The summed E-state index contributed by atoms with van der Waals surface area (Å²) >= 11 is 0. The number of nitrogens with one attached hydrogen (secondary N) is 3. The number of piperidine rings is 1. The third-order valence-corrected chi connectivity index (χ3v) is 7.49. The summed E-state index contributed by atoms with van der Waals surface area (Å²) in [6, 6.07) is 12.5. The Kier molecular flexibility index (Phi) is 6.38. The summed E-state index contributed by atoms with van der Waals surface area (Å²) < 4.78 is 6.21. The lowest BCUT2D eigenvalue weighted by atomic mass is 10.0. The zero-order valence-corrected chi connectivity index (χ0v) is 22.0. The molecule has 2 fully saturated rings. The minimum atomic E-state index is -0.247. The van der Waals surface area contributed by atoms with E-state index in [1.54, 1.807) is 42.7 Å². The number of aromatic nitrogens is 4. The predicted molar refractivity (Wildman–Crippen MR) is 148 cm³/mol. The first-order valence-corrected chi connectivity index (χ1v) is 13.3. The molecule has 1 saturated heterocycles. The fraction of sp³-hybridized carbons (Fsp3) is 0.345. The van der Waals surface area contributed by atoms with Crippen LogP contribution in [-0.4, -0.2) is 56.0 Å². The summed E-state index contributed by atoms with van der Waals surface area (Å²) in [5.74, 6) is 2.33. The molecule has 2 amide bonds. The third-order valence-electron chi connectivity index (χ3n) is 7.49. The van der Waals surface area contributed by atoms with Crippen molar-refractivity contribution in [3.63, 3.8) is 0 Å². The van der Waals surface area contributed by atoms with Crippen molar-refractivity contribution in [2.45, 2.75) is 45.6 Å². The van der Waals surface area contributed by atoms with Crippen LogP contribution in [0.2, 0.25) is 0 Å². The molecule has 4 aromatic rings. The van der Waals surface area contributed by atoms with Gasteiger partial charge < -0.3 is 20.3 Å². The van der Waals surface area contributed by atoms with Gasteiger partial charge in [0.15, 0.2) is 11.5 Å². The minimum absolute atomic E-state index is 0.0882. The molecule has 1 atom stereocenters. The first-order valence-electron chi connectivity index (χ1n) is 13.3. The van der Waals surface area contributed by atoms with Gasteiger partial charge in [0.2, 0.25) is 5.91 Å². The summed E-state index contributed by atoms with van der Waals surface area (Å²) in [6.07, 6.45) is 7.18. The third kappa shape index (κ3) is 5.27. The maximum atomic E-state index is 12.9. The van der Waals surface area contributed by atoms with Gasteiger partial charge in [-0.1, -0.05) is 6.92 Å². The summed E-state index contributed by atoms with van der Waals surface area (Å²) in [6.45, 7) is 5.46.